The van der Waals surface area contributed by atoms with E-state index in [-0.39, 0.29) is 11.9 Å². The zero-order valence-electron chi connectivity index (χ0n) is 12.1. The van der Waals surface area contributed by atoms with Crippen LogP contribution in [0.5, 0.6) is 0 Å². The van der Waals surface area contributed by atoms with Crippen molar-refractivity contribution in [3.8, 4) is 0 Å². The number of hydrogen-bond donors (Lipinski definition) is 1. The van der Waals surface area contributed by atoms with Crippen molar-refractivity contribution in [1.82, 2.24) is 30.4 Å². The first kappa shape index (κ1) is 14.4. The van der Waals surface area contributed by atoms with Gasteiger partial charge < -0.3 is 10.1 Å². The molecule has 8 heteroatoms. The van der Waals surface area contributed by atoms with Gasteiger partial charge in [0.15, 0.2) is 0 Å². The molecule has 1 N–H and O–H groups in total. The lowest BCUT2D eigenvalue weighted by molar-refractivity contribution is -0.122. The highest BCUT2D eigenvalue weighted by molar-refractivity contribution is 5.76. The molecule has 1 aromatic rings. The Morgan fingerprint density at radius 2 is 2.14 bits per heavy atom. The number of nitrogens with zero attached hydrogens (tertiary/aromatic N) is 5. The lowest BCUT2D eigenvalue weighted by Gasteiger charge is -2.34. The number of carbonyl (C=O) groups excluding carboxylic acids is 1. The fraction of sp³-hybridized carbons (Fsp3) is 0.846. The van der Waals surface area contributed by atoms with Gasteiger partial charge in [-0.1, -0.05) is 6.42 Å². The van der Waals surface area contributed by atoms with Gasteiger partial charge >= 0.3 is 0 Å². The Kier molecular flexibility index (Phi) is 4.76. The van der Waals surface area contributed by atoms with E-state index in [4.69, 9.17) is 4.74 Å². The number of nitrogens with one attached hydrogen (secondary N) is 1. The van der Waals surface area contributed by atoms with Crippen LogP contribution < -0.4 is 5.32 Å². The number of hydrogen-bond acceptors (Lipinski definition) is 6. The van der Waals surface area contributed by atoms with Crippen molar-refractivity contribution in [3.63, 3.8) is 0 Å². The van der Waals surface area contributed by atoms with E-state index in [0.29, 0.717) is 25.6 Å². The van der Waals surface area contributed by atoms with Gasteiger partial charge in [-0.15, -0.1) is 5.10 Å². The van der Waals surface area contributed by atoms with Crippen LogP contribution in [0.25, 0.3) is 0 Å². The van der Waals surface area contributed by atoms with Crippen LogP contribution in [0.3, 0.4) is 0 Å². The molecule has 1 aromatic heterocycles. The largest absolute Gasteiger partial charge is 0.378 e. The Balaban J connectivity index is 1.47. The van der Waals surface area contributed by atoms with Gasteiger partial charge in [0, 0.05) is 6.42 Å². The van der Waals surface area contributed by atoms with Gasteiger partial charge in [-0.2, -0.15) is 0 Å². The van der Waals surface area contributed by atoms with E-state index in [0.717, 1.165) is 19.7 Å². The molecule has 2 aliphatic heterocycles. The molecule has 1 amide bonds. The molecule has 0 radical (unpaired) electrons. The summed E-state index contributed by atoms with van der Waals surface area (Å²) in [5.74, 6) is 0.0306. The third-order valence-corrected chi connectivity index (χ3v) is 4.22. The first-order chi connectivity index (χ1) is 10.3. The van der Waals surface area contributed by atoms with Gasteiger partial charge in [0.1, 0.15) is 6.33 Å². The van der Waals surface area contributed by atoms with Gasteiger partial charge in [-0.05, 0) is 36.4 Å². The summed E-state index contributed by atoms with van der Waals surface area (Å²) >= 11 is 0. The zero-order valence-corrected chi connectivity index (χ0v) is 12.1. The topological polar surface area (TPSA) is 85.2 Å². The molecule has 3 rings (SSSR count). The van der Waals surface area contributed by atoms with Crippen molar-refractivity contribution >= 4 is 5.91 Å². The van der Waals surface area contributed by atoms with Gasteiger partial charge in [-0.3, -0.25) is 9.69 Å². The van der Waals surface area contributed by atoms with Crippen LogP contribution in [0.15, 0.2) is 6.33 Å². The van der Waals surface area contributed by atoms with Gasteiger partial charge in [0.05, 0.1) is 31.8 Å². The van der Waals surface area contributed by atoms with Crippen molar-refractivity contribution in [3.05, 3.63) is 6.33 Å². The van der Waals surface area contributed by atoms with Crippen LogP contribution >= 0.6 is 0 Å². The third kappa shape index (κ3) is 3.76. The van der Waals surface area contributed by atoms with Crippen LogP contribution in [-0.2, 0) is 16.1 Å². The quantitative estimate of drug-likeness (QED) is 0.783. The SMILES string of the molecule is O=C(CCn1cnnn1)N[C@H]1COC[C@@H]1N1CCCCC1. The molecule has 0 aromatic carbocycles. The predicted molar refractivity (Wildman–Crippen MR) is 74.4 cm³/mol. The van der Waals surface area contributed by atoms with E-state index in [2.05, 4.69) is 25.7 Å². The second kappa shape index (κ2) is 6.95. The standard InChI is InChI=1S/C13H22N6O2/c20-13(4-7-19-10-14-16-17-19)15-11-8-21-9-12(11)18-5-2-1-3-6-18/h10-12H,1-9H2,(H,15,20)/t11-,12-/m0/s1. The normalized spacial score (nSPS) is 26.9. The number of carbonyl (C=O) groups is 1. The average molecular weight is 294 g/mol. The minimum atomic E-state index is 0.0306. The smallest absolute Gasteiger partial charge is 0.222 e. The van der Waals surface area contributed by atoms with Gasteiger partial charge in [-0.25, -0.2) is 4.68 Å². The second-order valence-corrected chi connectivity index (χ2v) is 5.70. The number of piperidine rings is 1. The van der Waals surface area contributed by atoms with E-state index in [1.807, 2.05) is 0 Å². The summed E-state index contributed by atoms with van der Waals surface area (Å²) in [5.41, 5.74) is 0. The number of ether oxygens (including phenoxy) is 1. The summed E-state index contributed by atoms with van der Waals surface area (Å²) < 4.78 is 7.14. The maximum Gasteiger partial charge on any atom is 0.222 e. The van der Waals surface area contributed by atoms with E-state index in [1.165, 1.54) is 25.6 Å². The molecule has 2 aliphatic rings. The van der Waals surface area contributed by atoms with Gasteiger partial charge in [0.25, 0.3) is 0 Å². The highest BCUT2D eigenvalue weighted by atomic mass is 16.5. The third-order valence-electron chi connectivity index (χ3n) is 4.22. The lowest BCUT2D eigenvalue weighted by Crippen LogP contribution is -2.52. The van der Waals surface area contributed by atoms with Crippen molar-refractivity contribution in [2.75, 3.05) is 26.3 Å². The molecule has 0 unspecified atom stereocenters. The molecule has 2 fully saturated rings. The Morgan fingerprint density at radius 3 is 2.90 bits per heavy atom. The minimum Gasteiger partial charge on any atom is -0.378 e. The van der Waals surface area contributed by atoms with Crippen LogP contribution in [0, 0.1) is 0 Å². The fourth-order valence-corrected chi connectivity index (χ4v) is 3.07. The van der Waals surface area contributed by atoms with E-state index < -0.39 is 0 Å². The number of rotatable bonds is 5. The van der Waals surface area contributed by atoms with E-state index in [9.17, 15) is 4.79 Å². The lowest BCUT2D eigenvalue weighted by atomic mass is 10.0. The average Bonchev–Trinajstić information content (AvgIpc) is 3.17. The summed E-state index contributed by atoms with van der Waals surface area (Å²) in [5, 5.41) is 14.0. The molecule has 0 aliphatic carbocycles. The molecule has 0 bridgehead atoms. The summed E-state index contributed by atoms with van der Waals surface area (Å²) in [6.45, 7) is 4.06. The highest BCUT2D eigenvalue weighted by Gasteiger charge is 2.34. The highest BCUT2D eigenvalue weighted by Crippen LogP contribution is 2.19. The number of likely N-dealkylation sites (tertiary alicyclic amines) is 1. The molecule has 21 heavy (non-hydrogen) atoms. The monoisotopic (exact) mass is 294 g/mol. The van der Waals surface area contributed by atoms with Crippen molar-refractivity contribution in [2.24, 2.45) is 0 Å². The second-order valence-electron chi connectivity index (χ2n) is 5.70. The van der Waals surface area contributed by atoms with E-state index >= 15 is 0 Å². The van der Waals surface area contributed by atoms with Crippen LogP contribution in [0.4, 0.5) is 0 Å². The molecule has 0 saturated carbocycles. The molecule has 8 nitrogen and oxygen atoms in total. The van der Waals surface area contributed by atoms with Crippen LogP contribution in [0.2, 0.25) is 0 Å². The summed E-state index contributed by atoms with van der Waals surface area (Å²) in [6, 6.07) is 0.423. The first-order valence-corrected chi connectivity index (χ1v) is 7.65. The minimum absolute atomic E-state index is 0.0306. The number of tetrazole rings is 1. The number of amides is 1. The molecule has 2 atom stereocenters. The molecule has 116 valence electrons. The summed E-state index contributed by atoms with van der Waals surface area (Å²) in [6.07, 6.45) is 5.71. The van der Waals surface area contributed by atoms with Crippen molar-refractivity contribution < 1.29 is 9.53 Å². The predicted octanol–water partition coefficient (Wildman–Crippen LogP) is -0.567. The Hall–Kier alpha value is -1.54. The molecule has 0 spiro atoms. The molecular weight excluding hydrogens is 272 g/mol. The van der Waals surface area contributed by atoms with Crippen molar-refractivity contribution in [2.45, 2.75) is 44.3 Å². The number of aryl methyl sites for hydroxylation is 1. The Bertz CT molecular complexity index is 446. The summed E-state index contributed by atoms with van der Waals surface area (Å²) in [4.78, 5) is 14.5. The summed E-state index contributed by atoms with van der Waals surface area (Å²) in [7, 11) is 0. The number of aromatic nitrogens is 4. The molecular formula is C13H22N6O2. The maximum absolute atomic E-state index is 12.1. The van der Waals surface area contributed by atoms with Crippen molar-refractivity contribution in [1.29, 1.82) is 0 Å². The fourth-order valence-electron chi connectivity index (χ4n) is 3.07. The van der Waals surface area contributed by atoms with Crippen LogP contribution in [0.1, 0.15) is 25.7 Å². The first-order valence-electron chi connectivity index (χ1n) is 7.65. The van der Waals surface area contributed by atoms with Gasteiger partial charge in [0.2, 0.25) is 5.91 Å². The zero-order chi connectivity index (χ0) is 14.5. The molecule has 2 saturated heterocycles. The molecule has 3 heterocycles. The van der Waals surface area contributed by atoms with Crippen LogP contribution in [-0.4, -0.2) is 69.4 Å². The Labute approximate surface area is 123 Å². The van der Waals surface area contributed by atoms with E-state index in [1.54, 1.807) is 4.68 Å². The Morgan fingerprint density at radius 1 is 1.29 bits per heavy atom. The maximum atomic E-state index is 12.1.